The molecule has 0 amide bonds. The minimum Gasteiger partial charge on any atom is -0.748 e. The molecule has 0 unspecified atom stereocenters. The highest BCUT2D eigenvalue weighted by molar-refractivity contribution is 7.85. The summed E-state index contributed by atoms with van der Waals surface area (Å²) >= 11 is 0. The second-order valence-electron chi connectivity index (χ2n) is 4.02. The lowest BCUT2D eigenvalue weighted by Gasteiger charge is -2.08. The van der Waals surface area contributed by atoms with E-state index in [0.29, 0.717) is 17.7 Å². The van der Waals surface area contributed by atoms with E-state index >= 15 is 0 Å². The molecule has 0 aliphatic rings. The SMILES string of the molecule is Cc1cc(OCCCCS(=O)(=O)[O-])ccc1[N+](=O)[O-]. The van der Waals surface area contributed by atoms with Gasteiger partial charge in [0.05, 0.1) is 21.6 Å². The van der Waals surface area contributed by atoms with E-state index in [1.165, 1.54) is 12.1 Å². The monoisotopic (exact) mass is 288 g/mol. The van der Waals surface area contributed by atoms with Gasteiger partial charge in [-0.05, 0) is 31.9 Å². The predicted octanol–water partition coefficient (Wildman–Crippen LogP) is 1.61. The molecule has 0 aliphatic heterocycles. The molecule has 0 fully saturated rings. The number of rotatable bonds is 7. The molecule has 0 N–H and O–H groups in total. The zero-order valence-corrected chi connectivity index (χ0v) is 11.2. The summed E-state index contributed by atoms with van der Waals surface area (Å²) in [5.41, 5.74) is 0.509. The van der Waals surface area contributed by atoms with Crippen LogP contribution < -0.4 is 4.74 Å². The number of aryl methyl sites for hydroxylation is 1. The number of unbranched alkanes of at least 4 members (excludes halogenated alkanes) is 1. The second kappa shape index (κ2) is 6.48. The average Bonchev–Trinajstić information content (AvgIpc) is 2.26. The van der Waals surface area contributed by atoms with E-state index in [0.717, 1.165) is 0 Å². The van der Waals surface area contributed by atoms with Crippen molar-refractivity contribution in [2.24, 2.45) is 0 Å². The molecule has 0 atom stereocenters. The molecule has 1 rings (SSSR count). The maximum absolute atomic E-state index is 10.6. The number of ether oxygens (including phenoxy) is 1. The van der Waals surface area contributed by atoms with Gasteiger partial charge in [0.2, 0.25) is 0 Å². The number of benzene rings is 1. The fourth-order valence-electron chi connectivity index (χ4n) is 1.49. The Balaban J connectivity index is 2.42. The lowest BCUT2D eigenvalue weighted by Crippen LogP contribution is -2.06. The Bertz CT molecular complexity index is 554. The van der Waals surface area contributed by atoms with Gasteiger partial charge < -0.3 is 9.29 Å². The first-order valence-electron chi connectivity index (χ1n) is 5.61. The third-order valence-electron chi connectivity index (χ3n) is 2.42. The predicted molar refractivity (Wildman–Crippen MR) is 67.1 cm³/mol. The van der Waals surface area contributed by atoms with E-state index in [-0.39, 0.29) is 18.7 Å². The van der Waals surface area contributed by atoms with Crippen LogP contribution in [-0.4, -0.2) is 30.3 Å². The summed E-state index contributed by atoms with van der Waals surface area (Å²) in [5.74, 6) is 0.0726. The zero-order chi connectivity index (χ0) is 14.5. The van der Waals surface area contributed by atoms with Crippen LogP contribution in [0.1, 0.15) is 18.4 Å². The van der Waals surface area contributed by atoms with E-state index < -0.39 is 20.8 Å². The van der Waals surface area contributed by atoms with Crippen molar-refractivity contribution in [3.8, 4) is 5.75 Å². The topological polar surface area (TPSA) is 110 Å². The largest absolute Gasteiger partial charge is 0.748 e. The Kier molecular flexibility index (Phi) is 5.25. The molecule has 1 aromatic rings. The average molecular weight is 288 g/mol. The lowest BCUT2D eigenvalue weighted by molar-refractivity contribution is -0.385. The molecule has 19 heavy (non-hydrogen) atoms. The Morgan fingerprint density at radius 2 is 2.00 bits per heavy atom. The molecular formula is C11H14NO6S-. The quantitative estimate of drug-likeness (QED) is 0.326. The Morgan fingerprint density at radius 1 is 1.32 bits per heavy atom. The molecule has 0 saturated heterocycles. The highest BCUT2D eigenvalue weighted by Crippen LogP contribution is 2.23. The highest BCUT2D eigenvalue weighted by atomic mass is 32.2. The first-order chi connectivity index (χ1) is 8.79. The van der Waals surface area contributed by atoms with E-state index in [9.17, 15) is 23.1 Å². The molecule has 8 heteroatoms. The van der Waals surface area contributed by atoms with Gasteiger partial charge in [0.1, 0.15) is 5.75 Å². The van der Waals surface area contributed by atoms with Crippen molar-refractivity contribution in [3.63, 3.8) is 0 Å². The molecular weight excluding hydrogens is 274 g/mol. The van der Waals surface area contributed by atoms with Gasteiger partial charge >= 0.3 is 0 Å². The maximum atomic E-state index is 10.6. The zero-order valence-electron chi connectivity index (χ0n) is 10.4. The number of nitrogens with zero attached hydrogens (tertiary/aromatic N) is 1. The van der Waals surface area contributed by atoms with Crippen LogP contribution in [0.15, 0.2) is 18.2 Å². The molecule has 0 radical (unpaired) electrons. The summed E-state index contributed by atoms with van der Waals surface area (Å²) in [4.78, 5) is 10.1. The summed E-state index contributed by atoms with van der Waals surface area (Å²) in [6.07, 6.45) is 0.662. The van der Waals surface area contributed by atoms with Crippen LogP contribution in [-0.2, 0) is 10.1 Å². The highest BCUT2D eigenvalue weighted by Gasteiger charge is 2.10. The van der Waals surface area contributed by atoms with E-state index in [1.54, 1.807) is 13.0 Å². The van der Waals surface area contributed by atoms with Gasteiger partial charge in [-0.15, -0.1) is 0 Å². The fourth-order valence-corrected chi connectivity index (χ4v) is 2.05. The maximum Gasteiger partial charge on any atom is 0.272 e. The Morgan fingerprint density at radius 3 is 2.53 bits per heavy atom. The molecule has 1 aromatic carbocycles. The second-order valence-corrected chi connectivity index (χ2v) is 5.55. The van der Waals surface area contributed by atoms with Crippen molar-refractivity contribution in [1.29, 1.82) is 0 Å². The van der Waals surface area contributed by atoms with Gasteiger partial charge in [0.25, 0.3) is 5.69 Å². The van der Waals surface area contributed by atoms with Gasteiger partial charge in [-0.3, -0.25) is 10.1 Å². The summed E-state index contributed by atoms with van der Waals surface area (Å²) in [6.45, 7) is 1.86. The molecule has 0 heterocycles. The van der Waals surface area contributed by atoms with Crippen LogP contribution in [0.25, 0.3) is 0 Å². The van der Waals surface area contributed by atoms with Crippen molar-refractivity contribution in [3.05, 3.63) is 33.9 Å². The molecule has 0 aliphatic carbocycles. The van der Waals surface area contributed by atoms with Crippen molar-refractivity contribution < 1.29 is 22.6 Å². The smallest absolute Gasteiger partial charge is 0.272 e. The Labute approximate surface area is 111 Å². The van der Waals surface area contributed by atoms with Gasteiger partial charge in [0.15, 0.2) is 0 Å². The van der Waals surface area contributed by atoms with Crippen LogP contribution in [0.3, 0.4) is 0 Å². The van der Waals surface area contributed by atoms with Crippen LogP contribution in [0.5, 0.6) is 5.75 Å². The summed E-state index contributed by atoms with van der Waals surface area (Å²) in [5, 5.41) is 10.6. The van der Waals surface area contributed by atoms with Gasteiger partial charge in [-0.2, -0.15) is 0 Å². The lowest BCUT2D eigenvalue weighted by atomic mass is 10.2. The molecule has 7 nitrogen and oxygen atoms in total. The van der Waals surface area contributed by atoms with Crippen molar-refractivity contribution in [1.82, 2.24) is 0 Å². The number of hydrogen-bond acceptors (Lipinski definition) is 6. The molecule has 106 valence electrons. The fraction of sp³-hybridized carbons (Fsp3) is 0.455. The number of hydrogen-bond donors (Lipinski definition) is 0. The van der Waals surface area contributed by atoms with E-state index in [2.05, 4.69) is 0 Å². The standard InChI is InChI=1S/C11H15NO6S/c1-9-8-10(4-5-11(9)12(13)14)18-6-2-3-7-19(15,16)17/h4-5,8H,2-3,6-7H2,1H3,(H,15,16,17)/p-1. The van der Waals surface area contributed by atoms with Gasteiger partial charge in [-0.25, -0.2) is 8.42 Å². The van der Waals surface area contributed by atoms with Gasteiger partial charge in [0, 0.05) is 17.4 Å². The van der Waals surface area contributed by atoms with Crippen molar-refractivity contribution in [2.45, 2.75) is 19.8 Å². The first-order valence-corrected chi connectivity index (χ1v) is 7.19. The van der Waals surface area contributed by atoms with E-state index in [4.69, 9.17) is 4.74 Å². The van der Waals surface area contributed by atoms with Crippen LogP contribution >= 0.6 is 0 Å². The van der Waals surface area contributed by atoms with Crippen LogP contribution in [0, 0.1) is 17.0 Å². The Hall–Kier alpha value is -1.67. The normalized spacial score (nSPS) is 11.3. The molecule has 0 spiro atoms. The summed E-state index contributed by atoms with van der Waals surface area (Å²) in [6, 6.07) is 4.38. The number of nitro benzene ring substituents is 1. The molecule has 0 saturated carbocycles. The third-order valence-corrected chi connectivity index (χ3v) is 3.21. The third kappa shape index (κ3) is 5.66. The van der Waals surface area contributed by atoms with Gasteiger partial charge in [-0.1, -0.05) is 0 Å². The summed E-state index contributed by atoms with van der Waals surface area (Å²) < 4.78 is 36.4. The van der Waals surface area contributed by atoms with Crippen LogP contribution in [0.4, 0.5) is 5.69 Å². The van der Waals surface area contributed by atoms with Crippen molar-refractivity contribution in [2.75, 3.05) is 12.4 Å². The molecule has 0 aromatic heterocycles. The molecule has 0 bridgehead atoms. The minimum absolute atomic E-state index is 0.0183. The van der Waals surface area contributed by atoms with Crippen molar-refractivity contribution >= 4 is 15.8 Å². The van der Waals surface area contributed by atoms with Crippen LogP contribution in [0.2, 0.25) is 0 Å². The number of nitro groups is 1. The van der Waals surface area contributed by atoms with E-state index in [1.807, 2.05) is 0 Å². The summed E-state index contributed by atoms with van der Waals surface area (Å²) in [7, 11) is -4.17. The minimum atomic E-state index is -4.17. The first kappa shape index (κ1) is 15.4.